The van der Waals surface area contributed by atoms with Crippen molar-refractivity contribution in [1.82, 2.24) is 4.72 Å². The normalized spacial score (nSPS) is 12.3. The molecule has 0 bridgehead atoms. The zero-order valence-corrected chi connectivity index (χ0v) is 19.0. The summed E-state index contributed by atoms with van der Waals surface area (Å²) >= 11 is 0. The molecule has 10 heteroatoms. The number of hydrogen-bond acceptors (Lipinski definition) is 7. The fourth-order valence-corrected chi connectivity index (χ4v) is 4.92. The van der Waals surface area contributed by atoms with Crippen LogP contribution in [0.4, 0.5) is 5.69 Å². The number of carbonyl (C=O) groups excluding carboxylic acids is 1. The van der Waals surface area contributed by atoms with E-state index in [0.717, 1.165) is 0 Å². The highest BCUT2D eigenvalue weighted by Crippen LogP contribution is 2.32. The molecule has 3 aromatic rings. The van der Waals surface area contributed by atoms with Crippen LogP contribution in [-0.4, -0.2) is 32.5 Å². The molecular weight excluding hydrogens is 448 g/mol. The van der Waals surface area contributed by atoms with Crippen LogP contribution in [0.15, 0.2) is 65.6 Å². The maximum atomic E-state index is 13.4. The molecule has 0 saturated heterocycles. The van der Waals surface area contributed by atoms with Crippen LogP contribution in [0.25, 0.3) is 10.8 Å². The lowest BCUT2D eigenvalue weighted by Gasteiger charge is -2.20. The first-order valence-corrected chi connectivity index (χ1v) is 11.8. The number of nitro groups is 1. The minimum absolute atomic E-state index is 0.000780. The summed E-state index contributed by atoms with van der Waals surface area (Å²) in [7, 11) is -4.14. The number of sulfonamides is 1. The van der Waals surface area contributed by atoms with Crippen LogP contribution in [0.2, 0.25) is 0 Å². The van der Waals surface area contributed by atoms with Gasteiger partial charge in [0.1, 0.15) is 5.75 Å². The summed E-state index contributed by atoms with van der Waals surface area (Å²) in [5, 5.41) is 12.3. The highest BCUT2D eigenvalue weighted by atomic mass is 32.2. The average Bonchev–Trinajstić information content (AvgIpc) is 2.79. The van der Waals surface area contributed by atoms with E-state index < -0.39 is 27.0 Å². The average molecular weight is 473 g/mol. The molecule has 0 aromatic heterocycles. The Morgan fingerprint density at radius 1 is 1.03 bits per heavy atom. The van der Waals surface area contributed by atoms with Crippen LogP contribution in [0.5, 0.6) is 5.75 Å². The van der Waals surface area contributed by atoms with Crippen molar-refractivity contribution in [2.45, 2.75) is 31.2 Å². The molecule has 3 aromatic carbocycles. The number of esters is 1. The van der Waals surface area contributed by atoms with Crippen LogP contribution in [0.1, 0.15) is 31.9 Å². The molecule has 0 radical (unpaired) electrons. The van der Waals surface area contributed by atoms with Gasteiger partial charge < -0.3 is 9.47 Å². The summed E-state index contributed by atoms with van der Waals surface area (Å²) in [6.45, 7) is 4.01. The van der Waals surface area contributed by atoms with E-state index in [4.69, 9.17) is 9.47 Å². The molecule has 0 saturated carbocycles. The Morgan fingerprint density at radius 3 is 2.42 bits per heavy atom. The van der Waals surface area contributed by atoms with E-state index in [1.807, 2.05) is 6.92 Å². The number of non-ortho nitro benzene ring substituents is 1. The molecule has 0 aliphatic rings. The molecule has 9 nitrogen and oxygen atoms in total. The monoisotopic (exact) mass is 472 g/mol. The minimum Gasteiger partial charge on any atom is -0.493 e. The predicted octanol–water partition coefficient (Wildman–Crippen LogP) is 4.12. The van der Waals surface area contributed by atoms with Gasteiger partial charge in [0.15, 0.2) is 0 Å². The maximum absolute atomic E-state index is 13.4. The van der Waals surface area contributed by atoms with E-state index in [1.165, 1.54) is 30.3 Å². The maximum Gasteiger partial charge on any atom is 0.307 e. The van der Waals surface area contributed by atoms with Crippen molar-refractivity contribution >= 4 is 32.5 Å². The Hall–Kier alpha value is -3.50. The van der Waals surface area contributed by atoms with Crippen molar-refractivity contribution in [3.8, 4) is 5.75 Å². The standard InChI is InChI=1S/C23H24N2O7S/c1-3-31-21-12-13-22(19-11-6-5-10-18(19)21)33(29,30)24-20(15-23(26)32-4-2)16-8-7-9-17(14-16)25(27)28/h5-14,20,24H,3-4,15H2,1-2H3/t20-/m1/s1. The number of benzene rings is 3. The van der Waals surface area contributed by atoms with Gasteiger partial charge in [-0.15, -0.1) is 0 Å². The van der Waals surface area contributed by atoms with Crippen molar-refractivity contribution in [3.63, 3.8) is 0 Å². The Balaban J connectivity index is 2.05. The Kier molecular flexibility index (Phi) is 7.62. The second kappa shape index (κ2) is 10.4. The van der Waals surface area contributed by atoms with E-state index in [9.17, 15) is 23.3 Å². The first-order chi connectivity index (χ1) is 15.8. The van der Waals surface area contributed by atoms with Crippen molar-refractivity contribution in [3.05, 3.63) is 76.3 Å². The SMILES string of the molecule is CCOC(=O)C[C@@H](NS(=O)(=O)c1ccc(OCC)c2ccccc12)c1cccc([N+](=O)[O-])c1. The van der Waals surface area contributed by atoms with Gasteiger partial charge >= 0.3 is 5.97 Å². The summed E-state index contributed by atoms with van der Waals surface area (Å²) in [5.41, 5.74) is 0.0585. The number of nitrogens with one attached hydrogen (secondary N) is 1. The van der Waals surface area contributed by atoms with E-state index in [0.29, 0.717) is 23.1 Å². The molecule has 0 amide bonds. The quantitative estimate of drug-likeness (QED) is 0.267. The lowest BCUT2D eigenvalue weighted by atomic mass is 10.0. The first-order valence-electron chi connectivity index (χ1n) is 10.3. The Bertz CT molecular complexity index is 1270. The summed E-state index contributed by atoms with van der Waals surface area (Å²) in [5.74, 6) is -0.0814. The van der Waals surface area contributed by atoms with Gasteiger partial charge in [-0.3, -0.25) is 14.9 Å². The third-order valence-electron chi connectivity index (χ3n) is 4.89. The number of nitrogens with zero attached hydrogens (tertiary/aromatic N) is 1. The van der Waals surface area contributed by atoms with Crippen molar-refractivity contribution < 1.29 is 27.6 Å². The summed E-state index contributed by atoms with van der Waals surface area (Å²) in [6.07, 6.45) is -0.330. The lowest BCUT2D eigenvalue weighted by Crippen LogP contribution is -2.31. The first kappa shape index (κ1) is 24.1. The fourth-order valence-electron chi connectivity index (χ4n) is 3.48. The number of nitro benzene ring substituents is 1. The van der Waals surface area contributed by atoms with Crippen LogP contribution >= 0.6 is 0 Å². The second-order valence-corrected chi connectivity index (χ2v) is 8.76. The number of ether oxygens (including phenoxy) is 2. The van der Waals surface area contributed by atoms with E-state index in [2.05, 4.69) is 4.72 Å². The third kappa shape index (κ3) is 5.65. The summed E-state index contributed by atoms with van der Waals surface area (Å²) < 4.78 is 40.0. The Labute approximate surface area is 191 Å². The number of fused-ring (bicyclic) bond motifs is 1. The molecule has 33 heavy (non-hydrogen) atoms. The van der Waals surface area contributed by atoms with E-state index >= 15 is 0 Å². The van der Waals surface area contributed by atoms with Gasteiger partial charge in [-0.25, -0.2) is 13.1 Å². The molecule has 0 spiro atoms. The van der Waals surface area contributed by atoms with Crippen LogP contribution in [-0.2, 0) is 19.6 Å². The van der Waals surface area contributed by atoms with Crippen molar-refractivity contribution in [2.75, 3.05) is 13.2 Å². The van der Waals surface area contributed by atoms with Gasteiger partial charge in [-0.05, 0) is 31.5 Å². The molecule has 0 heterocycles. The highest BCUT2D eigenvalue weighted by Gasteiger charge is 2.27. The third-order valence-corrected chi connectivity index (χ3v) is 6.42. The predicted molar refractivity (Wildman–Crippen MR) is 123 cm³/mol. The number of rotatable bonds is 10. The smallest absolute Gasteiger partial charge is 0.307 e. The number of hydrogen-bond donors (Lipinski definition) is 1. The summed E-state index contributed by atoms with van der Waals surface area (Å²) in [6, 6.07) is 14.4. The lowest BCUT2D eigenvalue weighted by molar-refractivity contribution is -0.384. The van der Waals surface area contributed by atoms with Gasteiger partial charge in [0.2, 0.25) is 10.0 Å². The molecule has 0 aliphatic heterocycles. The van der Waals surface area contributed by atoms with Crippen LogP contribution in [0.3, 0.4) is 0 Å². The molecule has 1 N–H and O–H groups in total. The van der Waals surface area contributed by atoms with Crippen molar-refractivity contribution in [2.24, 2.45) is 0 Å². The fraction of sp³-hybridized carbons (Fsp3) is 0.261. The molecule has 0 fully saturated rings. The van der Waals surface area contributed by atoms with Crippen LogP contribution < -0.4 is 9.46 Å². The zero-order chi connectivity index (χ0) is 24.0. The summed E-state index contributed by atoms with van der Waals surface area (Å²) in [4.78, 5) is 22.8. The second-order valence-electron chi connectivity index (χ2n) is 7.08. The van der Waals surface area contributed by atoms with Gasteiger partial charge in [0.25, 0.3) is 5.69 Å². The highest BCUT2D eigenvalue weighted by molar-refractivity contribution is 7.89. The van der Waals surface area contributed by atoms with E-state index in [-0.39, 0.29) is 29.2 Å². The van der Waals surface area contributed by atoms with E-state index in [1.54, 1.807) is 37.3 Å². The molecule has 0 aliphatic carbocycles. The molecule has 174 valence electrons. The van der Waals surface area contributed by atoms with Gasteiger partial charge in [0.05, 0.1) is 35.5 Å². The number of carbonyl (C=O) groups is 1. The molecular formula is C23H24N2O7S. The van der Waals surface area contributed by atoms with Gasteiger partial charge in [-0.1, -0.05) is 36.4 Å². The molecule has 3 rings (SSSR count). The largest absolute Gasteiger partial charge is 0.493 e. The van der Waals surface area contributed by atoms with Crippen molar-refractivity contribution in [1.29, 1.82) is 0 Å². The molecule has 1 atom stereocenters. The minimum atomic E-state index is -4.14. The zero-order valence-electron chi connectivity index (χ0n) is 18.2. The Morgan fingerprint density at radius 2 is 1.76 bits per heavy atom. The van der Waals surface area contributed by atoms with Gasteiger partial charge in [-0.2, -0.15) is 0 Å². The van der Waals surface area contributed by atoms with Gasteiger partial charge in [0, 0.05) is 22.9 Å². The molecule has 0 unspecified atom stereocenters. The topological polar surface area (TPSA) is 125 Å². The van der Waals surface area contributed by atoms with Crippen LogP contribution in [0, 0.1) is 10.1 Å².